The van der Waals surface area contributed by atoms with Gasteiger partial charge in [0, 0.05) is 13.1 Å². The Labute approximate surface area is 113 Å². The summed E-state index contributed by atoms with van der Waals surface area (Å²) in [6.45, 7) is 4.35. The largest absolute Gasteiger partial charge is 0.490 e. The van der Waals surface area contributed by atoms with Crippen molar-refractivity contribution in [2.75, 3.05) is 50.7 Å². The second kappa shape index (κ2) is 9.35. The molecule has 1 aromatic rings. The Morgan fingerprint density at radius 1 is 1.16 bits per heavy atom. The van der Waals surface area contributed by atoms with Crippen LogP contribution in [0.25, 0.3) is 0 Å². The molecule has 0 unspecified atom stereocenters. The molecule has 0 aromatic carbocycles. The third kappa shape index (κ3) is 5.27. The van der Waals surface area contributed by atoms with Crippen LogP contribution in [-0.2, 0) is 4.74 Å². The summed E-state index contributed by atoms with van der Waals surface area (Å²) >= 11 is 0. The highest BCUT2D eigenvalue weighted by atomic mass is 16.5. The Morgan fingerprint density at radius 3 is 2.42 bits per heavy atom. The van der Waals surface area contributed by atoms with Gasteiger partial charge in [0.1, 0.15) is 6.33 Å². The molecule has 0 aliphatic rings. The maximum atomic E-state index is 8.59. The van der Waals surface area contributed by atoms with Gasteiger partial charge in [-0.15, -0.1) is 0 Å². The molecule has 0 bridgehead atoms. The summed E-state index contributed by atoms with van der Waals surface area (Å²) in [6, 6.07) is 0. The number of aromatic nitrogens is 2. The van der Waals surface area contributed by atoms with Gasteiger partial charge in [-0.2, -0.15) is 0 Å². The van der Waals surface area contributed by atoms with Crippen LogP contribution in [0.15, 0.2) is 6.33 Å². The zero-order valence-corrected chi connectivity index (χ0v) is 11.5. The first-order valence-electron chi connectivity index (χ1n) is 6.38. The average Bonchev–Trinajstić information content (AvgIpc) is 2.44. The van der Waals surface area contributed by atoms with E-state index in [1.54, 1.807) is 7.11 Å². The van der Waals surface area contributed by atoms with Gasteiger partial charge < -0.3 is 25.2 Å². The van der Waals surface area contributed by atoms with E-state index >= 15 is 0 Å². The van der Waals surface area contributed by atoms with E-state index in [0.717, 1.165) is 13.0 Å². The Kier molecular flexibility index (Phi) is 7.60. The molecule has 19 heavy (non-hydrogen) atoms. The summed E-state index contributed by atoms with van der Waals surface area (Å²) in [6.07, 6.45) is 2.49. The fourth-order valence-electron chi connectivity index (χ4n) is 1.47. The smallest absolute Gasteiger partial charge is 0.204 e. The van der Waals surface area contributed by atoms with Crippen LogP contribution in [0.3, 0.4) is 0 Å². The Balaban J connectivity index is 2.56. The van der Waals surface area contributed by atoms with Crippen molar-refractivity contribution in [1.82, 2.24) is 9.97 Å². The van der Waals surface area contributed by atoms with E-state index in [1.165, 1.54) is 6.33 Å². The van der Waals surface area contributed by atoms with Crippen LogP contribution in [0, 0.1) is 0 Å². The normalized spacial score (nSPS) is 10.3. The van der Waals surface area contributed by atoms with Gasteiger partial charge in [-0.1, -0.05) is 6.92 Å². The van der Waals surface area contributed by atoms with Gasteiger partial charge in [0.25, 0.3) is 0 Å². The maximum absolute atomic E-state index is 8.59. The molecule has 0 atom stereocenters. The van der Waals surface area contributed by atoms with Crippen LogP contribution in [0.5, 0.6) is 5.75 Å². The van der Waals surface area contributed by atoms with Crippen LogP contribution in [0.2, 0.25) is 0 Å². The van der Waals surface area contributed by atoms with Crippen LogP contribution in [-0.4, -0.2) is 55.1 Å². The highest BCUT2D eigenvalue weighted by molar-refractivity contribution is 5.63. The standard InChI is InChI=1S/C12H22N4O3/c1-3-4-13-11-10(18-2)12(16-9-15-11)14-5-7-19-8-6-17/h9,17H,3-8H2,1-2H3,(H2,13,14,15,16). The molecule has 0 saturated carbocycles. The molecule has 1 rings (SSSR count). The topological polar surface area (TPSA) is 88.5 Å². The number of aliphatic hydroxyl groups is 1. The van der Waals surface area contributed by atoms with Crippen LogP contribution >= 0.6 is 0 Å². The molecule has 108 valence electrons. The molecule has 0 spiro atoms. The first-order chi connectivity index (χ1) is 9.33. The van der Waals surface area contributed by atoms with Gasteiger partial charge >= 0.3 is 0 Å². The molecule has 0 radical (unpaired) electrons. The molecule has 0 amide bonds. The van der Waals surface area contributed by atoms with E-state index in [-0.39, 0.29) is 6.61 Å². The van der Waals surface area contributed by atoms with E-state index in [2.05, 4.69) is 27.5 Å². The predicted octanol–water partition coefficient (Wildman–Crippen LogP) is 0.728. The summed E-state index contributed by atoms with van der Waals surface area (Å²) in [5.74, 6) is 1.90. The first kappa shape index (κ1) is 15.5. The van der Waals surface area contributed by atoms with E-state index in [1.807, 2.05) is 0 Å². The molecule has 1 heterocycles. The number of nitrogens with one attached hydrogen (secondary N) is 2. The summed E-state index contributed by atoms with van der Waals surface area (Å²) < 4.78 is 10.5. The SMILES string of the molecule is CCCNc1ncnc(NCCOCCO)c1OC. The van der Waals surface area contributed by atoms with Crippen molar-refractivity contribution in [3.8, 4) is 5.75 Å². The molecule has 0 fully saturated rings. The van der Waals surface area contributed by atoms with E-state index in [4.69, 9.17) is 14.6 Å². The average molecular weight is 270 g/mol. The van der Waals surface area contributed by atoms with Crippen molar-refractivity contribution < 1.29 is 14.6 Å². The van der Waals surface area contributed by atoms with Gasteiger partial charge in [-0.3, -0.25) is 0 Å². The predicted molar refractivity (Wildman–Crippen MR) is 73.8 cm³/mol. The third-order valence-electron chi connectivity index (χ3n) is 2.32. The van der Waals surface area contributed by atoms with Gasteiger partial charge in [-0.25, -0.2) is 9.97 Å². The van der Waals surface area contributed by atoms with Gasteiger partial charge in [-0.05, 0) is 6.42 Å². The molecule has 7 nitrogen and oxygen atoms in total. The minimum Gasteiger partial charge on any atom is -0.490 e. The number of hydrogen-bond donors (Lipinski definition) is 3. The zero-order valence-electron chi connectivity index (χ0n) is 11.5. The molecule has 3 N–H and O–H groups in total. The lowest BCUT2D eigenvalue weighted by molar-refractivity contribution is 0.0991. The van der Waals surface area contributed by atoms with E-state index in [0.29, 0.717) is 37.1 Å². The Morgan fingerprint density at radius 2 is 1.84 bits per heavy atom. The summed E-state index contributed by atoms with van der Waals surface area (Å²) in [7, 11) is 1.59. The molecule has 0 aliphatic heterocycles. The van der Waals surface area contributed by atoms with Crippen molar-refractivity contribution in [1.29, 1.82) is 0 Å². The number of rotatable bonds is 10. The van der Waals surface area contributed by atoms with Crippen LogP contribution in [0.1, 0.15) is 13.3 Å². The lowest BCUT2D eigenvalue weighted by Crippen LogP contribution is -2.14. The second-order valence-corrected chi connectivity index (χ2v) is 3.79. The van der Waals surface area contributed by atoms with Gasteiger partial charge in [0.2, 0.25) is 5.75 Å². The van der Waals surface area contributed by atoms with Crippen molar-refractivity contribution in [2.45, 2.75) is 13.3 Å². The molecular weight excluding hydrogens is 248 g/mol. The molecule has 7 heteroatoms. The molecule has 0 saturated heterocycles. The summed E-state index contributed by atoms with van der Waals surface area (Å²) in [5, 5.41) is 14.9. The van der Waals surface area contributed by atoms with Crippen LogP contribution < -0.4 is 15.4 Å². The lowest BCUT2D eigenvalue weighted by Gasteiger charge is -2.13. The minimum absolute atomic E-state index is 0.0297. The fourth-order valence-corrected chi connectivity index (χ4v) is 1.47. The van der Waals surface area contributed by atoms with E-state index in [9.17, 15) is 0 Å². The fraction of sp³-hybridized carbons (Fsp3) is 0.667. The Hall–Kier alpha value is -1.60. The molecule has 0 aliphatic carbocycles. The van der Waals surface area contributed by atoms with Crippen molar-refractivity contribution in [2.24, 2.45) is 0 Å². The van der Waals surface area contributed by atoms with E-state index < -0.39 is 0 Å². The minimum atomic E-state index is 0.0297. The number of methoxy groups -OCH3 is 1. The van der Waals surface area contributed by atoms with Crippen molar-refractivity contribution in [3.63, 3.8) is 0 Å². The zero-order chi connectivity index (χ0) is 13.9. The lowest BCUT2D eigenvalue weighted by atomic mass is 10.4. The van der Waals surface area contributed by atoms with Gasteiger partial charge in [0.15, 0.2) is 11.6 Å². The number of anilines is 2. The van der Waals surface area contributed by atoms with Crippen LogP contribution in [0.4, 0.5) is 11.6 Å². The van der Waals surface area contributed by atoms with Crippen molar-refractivity contribution in [3.05, 3.63) is 6.33 Å². The highest BCUT2D eigenvalue weighted by Crippen LogP contribution is 2.28. The number of hydrogen-bond acceptors (Lipinski definition) is 7. The van der Waals surface area contributed by atoms with Crippen molar-refractivity contribution >= 4 is 11.6 Å². The third-order valence-corrected chi connectivity index (χ3v) is 2.32. The molecular formula is C12H22N4O3. The first-order valence-corrected chi connectivity index (χ1v) is 6.38. The van der Waals surface area contributed by atoms with Gasteiger partial charge in [0.05, 0.1) is 26.9 Å². The summed E-state index contributed by atoms with van der Waals surface area (Å²) in [5.41, 5.74) is 0. The number of nitrogens with zero attached hydrogens (tertiary/aromatic N) is 2. The monoisotopic (exact) mass is 270 g/mol. The second-order valence-electron chi connectivity index (χ2n) is 3.79. The number of aliphatic hydroxyl groups excluding tert-OH is 1. The highest BCUT2D eigenvalue weighted by Gasteiger charge is 2.10. The summed E-state index contributed by atoms with van der Waals surface area (Å²) in [4.78, 5) is 8.30. The Bertz CT molecular complexity index is 363. The molecule has 1 aromatic heterocycles. The quantitative estimate of drug-likeness (QED) is 0.540. The number of ether oxygens (including phenoxy) is 2. The maximum Gasteiger partial charge on any atom is 0.204 e.